The second kappa shape index (κ2) is 4.73. The Bertz CT molecular complexity index is 718. The number of para-hydroxylation sites is 1. The molecular weight excluding hydrogens is 232 g/mol. The first-order chi connectivity index (χ1) is 9.24. The van der Waals surface area contributed by atoms with Gasteiger partial charge in [0, 0.05) is 23.0 Å². The van der Waals surface area contributed by atoms with Crippen molar-refractivity contribution in [2.24, 2.45) is 0 Å². The second-order valence-electron chi connectivity index (χ2n) is 4.83. The highest BCUT2D eigenvalue weighted by Gasteiger charge is 2.05. The van der Waals surface area contributed by atoms with Gasteiger partial charge < -0.3 is 5.32 Å². The van der Waals surface area contributed by atoms with Crippen LogP contribution in [0.4, 0.5) is 11.4 Å². The van der Waals surface area contributed by atoms with Crippen LogP contribution in [0.1, 0.15) is 11.1 Å². The average molecular weight is 248 g/mol. The Morgan fingerprint density at radius 2 is 1.74 bits per heavy atom. The van der Waals surface area contributed by atoms with Gasteiger partial charge in [-0.2, -0.15) is 0 Å². The van der Waals surface area contributed by atoms with Crippen molar-refractivity contribution in [3.63, 3.8) is 0 Å². The summed E-state index contributed by atoms with van der Waals surface area (Å²) in [6.45, 7) is 4.22. The Morgan fingerprint density at radius 3 is 2.53 bits per heavy atom. The fourth-order valence-electron chi connectivity index (χ4n) is 2.40. The normalized spacial score (nSPS) is 10.6. The van der Waals surface area contributed by atoms with Gasteiger partial charge in [0.2, 0.25) is 0 Å². The number of nitrogens with one attached hydrogen (secondary N) is 1. The molecule has 1 aromatic heterocycles. The molecule has 19 heavy (non-hydrogen) atoms. The van der Waals surface area contributed by atoms with Crippen LogP contribution in [-0.4, -0.2) is 4.98 Å². The van der Waals surface area contributed by atoms with Gasteiger partial charge in [0.25, 0.3) is 0 Å². The molecule has 3 aromatic rings. The van der Waals surface area contributed by atoms with Crippen molar-refractivity contribution in [1.29, 1.82) is 0 Å². The van der Waals surface area contributed by atoms with Crippen LogP contribution in [0.25, 0.3) is 10.9 Å². The van der Waals surface area contributed by atoms with E-state index in [1.165, 1.54) is 16.5 Å². The van der Waals surface area contributed by atoms with Crippen molar-refractivity contribution in [3.8, 4) is 0 Å². The number of anilines is 2. The van der Waals surface area contributed by atoms with Gasteiger partial charge in [0.05, 0.1) is 5.52 Å². The van der Waals surface area contributed by atoms with E-state index in [2.05, 4.69) is 48.4 Å². The van der Waals surface area contributed by atoms with Crippen LogP contribution >= 0.6 is 0 Å². The predicted octanol–water partition coefficient (Wildman–Crippen LogP) is 4.60. The van der Waals surface area contributed by atoms with E-state index < -0.39 is 0 Å². The Kier molecular flexibility index (Phi) is 2.92. The molecular formula is C17H16N2. The molecule has 0 radical (unpaired) electrons. The number of fused-ring (bicyclic) bond motifs is 1. The summed E-state index contributed by atoms with van der Waals surface area (Å²) in [5.41, 5.74) is 5.73. The summed E-state index contributed by atoms with van der Waals surface area (Å²) in [7, 11) is 0. The highest BCUT2D eigenvalue weighted by Crippen LogP contribution is 2.27. The van der Waals surface area contributed by atoms with Gasteiger partial charge in [-0.3, -0.25) is 4.98 Å². The van der Waals surface area contributed by atoms with Gasteiger partial charge in [-0.25, -0.2) is 0 Å². The van der Waals surface area contributed by atoms with Crippen molar-refractivity contribution < 1.29 is 0 Å². The molecule has 0 fully saturated rings. The van der Waals surface area contributed by atoms with Crippen LogP contribution in [0.5, 0.6) is 0 Å². The standard InChI is InChI=1S/C17H16N2/c1-12-10-13(2)17-15(11-12)16(8-9-18-17)19-14-6-4-3-5-7-14/h3-11H,1-2H3,(H,18,19). The summed E-state index contributed by atoms with van der Waals surface area (Å²) < 4.78 is 0. The SMILES string of the molecule is Cc1cc(C)c2nccc(Nc3ccccc3)c2c1. The monoisotopic (exact) mass is 248 g/mol. The van der Waals surface area contributed by atoms with Crippen LogP contribution in [0.3, 0.4) is 0 Å². The van der Waals surface area contributed by atoms with Crippen molar-refractivity contribution in [3.05, 3.63) is 65.9 Å². The number of hydrogen-bond acceptors (Lipinski definition) is 2. The van der Waals surface area contributed by atoms with Gasteiger partial charge in [0.1, 0.15) is 0 Å². The molecule has 0 aliphatic carbocycles. The molecule has 94 valence electrons. The van der Waals surface area contributed by atoms with Gasteiger partial charge in [0.15, 0.2) is 0 Å². The molecule has 0 saturated carbocycles. The first-order valence-electron chi connectivity index (χ1n) is 6.42. The summed E-state index contributed by atoms with van der Waals surface area (Å²) in [5.74, 6) is 0. The summed E-state index contributed by atoms with van der Waals surface area (Å²) in [6.07, 6.45) is 1.86. The maximum absolute atomic E-state index is 4.48. The van der Waals surface area contributed by atoms with Gasteiger partial charge >= 0.3 is 0 Å². The number of pyridine rings is 1. The van der Waals surface area contributed by atoms with E-state index in [9.17, 15) is 0 Å². The number of nitrogens with zero attached hydrogens (tertiary/aromatic N) is 1. The lowest BCUT2D eigenvalue weighted by Gasteiger charge is -2.11. The van der Waals surface area contributed by atoms with Crippen LogP contribution in [0.15, 0.2) is 54.7 Å². The Balaban J connectivity index is 2.14. The van der Waals surface area contributed by atoms with Crippen molar-refractivity contribution in [2.45, 2.75) is 13.8 Å². The van der Waals surface area contributed by atoms with E-state index in [0.29, 0.717) is 0 Å². The third-order valence-corrected chi connectivity index (χ3v) is 3.23. The van der Waals surface area contributed by atoms with E-state index in [-0.39, 0.29) is 0 Å². The molecule has 2 heteroatoms. The molecule has 0 unspecified atom stereocenters. The van der Waals surface area contributed by atoms with Crippen LogP contribution < -0.4 is 5.32 Å². The fourth-order valence-corrected chi connectivity index (χ4v) is 2.40. The highest BCUT2D eigenvalue weighted by atomic mass is 14.9. The predicted molar refractivity (Wildman–Crippen MR) is 80.9 cm³/mol. The Morgan fingerprint density at radius 1 is 0.947 bits per heavy atom. The largest absolute Gasteiger partial charge is 0.355 e. The lowest BCUT2D eigenvalue weighted by atomic mass is 10.1. The number of aromatic nitrogens is 1. The highest BCUT2D eigenvalue weighted by molar-refractivity contribution is 5.94. The quantitative estimate of drug-likeness (QED) is 0.717. The maximum Gasteiger partial charge on any atom is 0.0752 e. The lowest BCUT2D eigenvalue weighted by Crippen LogP contribution is -1.94. The second-order valence-corrected chi connectivity index (χ2v) is 4.83. The topological polar surface area (TPSA) is 24.9 Å². The minimum atomic E-state index is 1.06. The molecule has 2 nitrogen and oxygen atoms in total. The summed E-state index contributed by atoms with van der Waals surface area (Å²) in [6, 6.07) is 16.6. The maximum atomic E-state index is 4.48. The minimum absolute atomic E-state index is 1.06. The summed E-state index contributed by atoms with van der Waals surface area (Å²) in [4.78, 5) is 4.48. The van der Waals surface area contributed by atoms with E-state index in [1.54, 1.807) is 0 Å². The van der Waals surface area contributed by atoms with Gasteiger partial charge in [-0.1, -0.05) is 29.8 Å². The van der Waals surface area contributed by atoms with Crippen molar-refractivity contribution >= 4 is 22.3 Å². The Labute approximate surface area is 113 Å². The number of hydrogen-bond donors (Lipinski definition) is 1. The van der Waals surface area contributed by atoms with E-state index in [4.69, 9.17) is 0 Å². The first kappa shape index (κ1) is 11.7. The number of aryl methyl sites for hydroxylation is 2. The fraction of sp³-hybridized carbons (Fsp3) is 0.118. The van der Waals surface area contributed by atoms with Crippen molar-refractivity contribution in [2.75, 3.05) is 5.32 Å². The van der Waals surface area contributed by atoms with Crippen molar-refractivity contribution in [1.82, 2.24) is 4.98 Å². The van der Waals surface area contributed by atoms with Crippen LogP contribution in [0, 0.1) is 13.8 Å². The molecule has 0 spiro atoms. The van der Waals surface area contributed by atoms with Crippen LogP contribution in [0.2, 0.25) is 0 Å². The smallest absolute Gasteiger partial charge is 0.0752 e. The molecule has 0 aliphatic heterocycles. The molecule has 0 bridgehead atoms. The summed E-state index contributed by atoms with van der Waals surface area (Å²) >= 11 is 0. The van der Waals surface area contributed by atoms with E-state index in [0.717, 1.165) is 16.9 Å². The lowest BCUT2D eigenvalue weighted by molar-refractivity contribution is 1.34. The minimum Gasteiger partial charge on any atom is -0.355 e. The third kappa shape index (κ3) is 2.29. The average Bonchev–Trinajstić information content (AvgIpc) is 2.41. The number of benzene rings is 2. The molecule has 0 saturated heterocycles. The van der Waals surface area contributed by atoms with E-state index >= 15 is 0 Å². The molecule has 2 aromatic carbocycles. The Hall–Kier alpha value is -2.35. The zero-order valence-electron chi connectivity index (χ0n) is 11.1. The molecule has 3 rings (SSSR count). The molecule has 0 aliphatic rings. The summed E-state index contributed by atoms with van der Waals surface area (Å²) in [5, 5.41) is 4.63. The molecule has 1 heterocycles. The molecule has 0 amide bonds. The van der Waals surface area contributed by atoms with Gasteiger partial charge in [-0.15, -0.1) is 0 Å². The van der Waals surface area contributed by atoms with E-state index in [1.807, 2.05) is 30.5 Å². The first-order valence-corrected chi connectivity index (χ1v) is 6.42. The molecule has 1 N–H and O–H groups in total. The molecule has 0 atom stereocenters. The third-order valence-electron chi connectivity index (χ3n) is 3.23. The van der Waals surface area contributed by atoms with Crippen LogP contribution in [-0.2, 0) is 0 Å². The zero-order valence-corrected chi connectivity index (χ0v) is 11.1. The number of rotatable bonds is 2. The zero-order chi connectivity index (χ0) is 13.2. The van der Waals surface area contributed by atoms with Gasteiger partial charge in [-0.05, 0) is 43.7 Å².